The van der Waals surface area contributed by atoms with Crippen LogP contribution in [0, 0.1) is 0 Å². The standard InChI is InChI=1S/C60H52B2O/c1-37(2)43-30-31-47-57(55(43)41-19-9-7-10-20-41)62(53-27-17-14-24-46(53)59(47)63)39(5)35-40-29-33-50-48(36-40)45-23-13-15-25-49(45)60(50)51-26-16-18-28-54(51)61(6)58-52(60)34-32-44(38(3)4)56(58)42-21-11-8-12-22-42/h7-34,36-39H,35H2,1-6H3. The van der Waals surface area contributed by atoms with E-state index in [2.05, 4.69) is 205 Å². The van der Waals surface area contributed by atoms with Gasteiger partial charge >= 0.3 is 0 Å². The van der Waals surface area contributed by atoms with Crippen molar-refractivity contribution in [3.8, 4) is 33.4 Å². The summed E-state index contributed by atoms with van der Waals surface area (Å²) < 4.78 is 0. The van der Waals surface area contributed by atoms with Crippen molar-refractivity contribution in [3.05, 3.63) is 226 Å². The molecule has 1 spiro atoms. The molecule has 2 atom stereocenters. The lowest BCUT2D eigenvalue weighted by Gasteiger charge is -2.43. The van der Waals surface area contributed by atoms with Crippen LogP contribution in [0.15, 0.2) is 176 Å². The highest BCUT2D eigenvalue weighted by Crippen LogP contribution is 2.57. The van der Waals surface area contributed by atoms with Gasteiger partial charge in [0.15, 0.2) is 5.78 Å². The zero-order chi connectivity index (χ0) is 43.1. The molecule has 3 aliphatic rings. The van der Waals surface area contributed by atoms with Crippen molar-refractivity contribution in [2.75, 3.05) is 0 Å². The van der Waals surface area contributed by atoms with Crippen LogP contribution >= 0.6 is 0 Å². The normalized spacial score (nSPS) is 16.1. The molecule has 0 bridgehead atoms. The predicted molar refractivity (Wildman–Crippen MR) is 268 cm³/mol. The number of carbonyl (C=O) groups is 1. The predicted octanol–water partition coefficient (Wildman–Crippen LogP) is 12.0. The van der Waals surface area contributed by atoms with Crippen molar-refractivity contribution in [2.45, 2.75) is 70.9 Å². The molecular weight excluding hydrogens is 758 g/mol. The van der Waals surface area contributed by atoms with E-state index in [0.29, 0.717) is 11.8 Å². The molecule has 11 rings (SSSR count). The Hall–Kier alpha value is -6.44. The molecule has 1 nitrogen and oxygen atoms in total. The van der Waals surface area contributed by atoms with Gasteiger partial charge in [-0.1, -0.05) is 245 Å². The monoisotopic (exact) mass is 810 g/mol. The summed E-state index contributed by atoms with van der Waals surface area (Å²) in [7, 11) is 0. The third-order valence-electron chi connectivity index (χ3n) is 14.9. The number of hydrogen-bond acceptors (Lipinski definition) is 1. The maximum absolute atomic E-state index is 14.4. The Morgan fingerprint density at radius 1 is 0.460 bits per heavy atom. The molecule has 0 saturated carbocycles. The first-order chi connectivity index (χ1) is 30.7. The van der Waals surface area contributed by atoms with Gasteiger partial charge in [0.25, 0.3) is 0 Å². The Morgan fingerprint density at radius 2 is 0.984 bits per heavy atom. The van der Waals surface area contributed by atoms with Gasteiger partial charge in [0.05, 0.1) is 5.41 Å². The molecule has 8 aromatic carbocycles. The van der Waals surface area contributed by atoms with Crippen LogP contribution in [-0.2, 0) is 11.8 Å². The van der Waals surface area contributed by atoms with Crippen LogP contribution in [0.2, 0.25) is 12.6 Å². The number of fused-ring (bicyclic) bond motifs is 11. The summed E-state index contributed by atoms with van der Waals surface area (Å²) in [5, 5.41) is 0. The van der Waals surface area contributed by atoms with E-state index in [1.165, 1.54) is 88.7 Å². The Balaban J connectivity index is 1.10. The van der Waals surface area contributed by atoms with Gasteiger partial charge in [-0.3, -0.25) is 4.79 Å². The summed E-state index contributed by atoms with van der Waals surface area (Å²) in [6, 6.07) is 65.4. The van der Waals surface area contributed by atoms with Crippen molar-refractivity contribution in [1.29, 1.82) is 0 Å². The second-order valence-corrected chi connectivity index (χ2v) is 19.1. The Labute approximate surface area is 374 Å². The van der Waals surface area contributed by atoms with E-state index in [0.717, 1.165) is 23.0 Å². The van der Waals surface area contributed by atoms with Gasteiger partial charge in [0, 0.05) is 11.1 Å². The lowest BCUT2D eigenvalue weighted by Crippen LogP contribution is -2.55. The third kappa shape index (κ3) is 5.81. The van der Waals surface area contributed by atoms with Crippen LogP contribution in [0.1, 0.15) is 101 Å². The maximum Gasteiger partial charge on any atom is 0.215 e. The molecule has 2 aliphatic heterocycles. The van der Waals surface area contributed by atoms with Gasteiger partial charge < -0.3 is 0 Å². The summed E-state index contributed by atoms with van der Waals surface area (Å²) >= 11 is 0. The van der Waals surface area contributed by atoms with Crippen molar-refractivity contribution in [2.24, 2.45) is 0 Å². The molecule has 0 aromatic heterocycles. The van der Waals surface area contributed by atoms with Gasteiger partial charge in [0.2, 0.25) is 13.4 Å². The second-order valence-electron chi connectivity index (χ2n) is 19.1. The first kappa shape index (κ1) is 39.4. The van der Waals surface area contributed by atoms with Gasteiger partial charge in [-0.2, -0.15) is 0 Å². The SMILES string of the molecule is CB1c2ccccc2C2(c3ccccc3-c3cc(CC(C)B4c5ccccc5C(=O)c5ccc(C(C)C)c(-c6ccccc6)c54)ccc32)c2ccc(C(C)C)c(-c3ccccc3)c21. The van der Waals surface area contributed by atoms with Crippen LogP contribution in [0.5, 0.6) is 0 Å². The average Bonchev–Trinajstić information content (AvgIpc) is 3.60. The molecule has 8 aromatic rings. The first-order valence-electron chi connectivity index (χ1n) is 23.1. The lowest BCUT2D eigenvalue weighted by atomic mass is 9.29. The Kier molecular flexibility index (Phi) is 9.46. The maximum atomic E-state index is 14.4. The molecule has 2 heterocycles. The number of benzene rings is 8. The molecule has 3 heteroatoms. The van der Waals surface area contributed by atoms with Gasteiger partial charge in [-0.05, 0) is 90.6 Å². The summed E-state index contributed by atoms with van der Waals surface area (Å²) in [5.74, 6) is 1.01. The smallest absolute Gasteiger partial charge is 0.215 e. The minimum atomic E-state index is -0.465. The minimum absolute atomic E-state index is 0.0415. The molecule has 0 radical (unpaired) electrons. The Morgan fingerprint density at radius 3 is 1.65 bits per heavy atom. The summed E-state index contributed by atoms with van der Waals surface area (Å²) in [6.07, 6.45) is 0.870. The fourth-order valence-corrected chi connectivity index (χ4v) is 12.3. The van der Waals surface area contributed by atoms with Crippen LogP contribution < -0.4 is 21.9 Å². The van der Waals surface area contributed by atoms with E-state index in [9.17, 15) is 4.79 Å². The van der Waals surface area contributed by atoms with Crippen molar-refractivity contribution in [1.82, 2.24) is 0 Å². The minimum Gasteiger partial charge on any atom is -0.289 e. The topological polar surface area (TPSA) is 17.1 Å². The highest BCUT2D eigenvalue weighted by molar-refractivity contribution is 6.90. The van der Waals surface area contributed by atoms with E-state index in [4.69, 9.17) is 0 Å². The molecule has 63 heavy (non-hydrogen) atoms. The van der Waals surface area contributed by atoms with Gasteiger partial charge in [-0.15, -0.1) is 0 Å². The zero-order valence-corrected chi connectivity index (χ0v) is 37.2. The second kappa shape index (κ2) is 15.1. The molecular formula is C60H52B2O. The molecule has 0 fully saturated rings. The molecule has 0 saturated heterocycles. The molecule has 304 valence electrons. The summed E-state index contributed by atoms with van der Waals surface area (Å²) in [4.78, 5) is 14.4. The summed E-state index contributed by atoms with van der Waals surface area (Å²) in [6.45, 7) is 14.3. The fourth-order valence-electron chi connectivity index (χ4n) is 12.3. The third-order valence-corrected chi connectivity index (χ3v) is 14.9. The van der Waals surface area contributed by atoms with Crippen LogP contribution in [0.3, 0.4) is 0 Å². The van der Waals surface area contributed by atoms with Crippen LogP contribution in [-0.4, -0.2) is 19.2 Å². The Bertz CT molecular complexity index is 3110. The van der Waals surface area contributed by atoms with E-state index in [1.54, 1.807) is 0 Å². The molecule has 1 aliphatic carbocycles. The fraction of sp³-hybridized carbons (Fsp3) is 0.183. The highest BCUT2D eigenvalue weighted by Gasteiger charge is 2.52. The number of ketones is 1. The molecule has 0 amide bonds. The first-order valence-corrected chi connectivity index (χ1v) is 23.1. The van der Waals surface area contributed by atoms with Crippen LogP contribution in [0.25, 0.3) is 33.4 Å². The van der Waals surface area contributed by atoms with Gasteiger partial charge in [0.1, 0.15) is 0 Å². The molecule has 0 N–H and O–H groups in total. The average molecular weight is 811 g/mol. The van der Waals surface area contributed by atoms with Crippen molar-refractivity contribution >= 4 is 41.1 Å². The van der Waals surface area contributed by atoms with E-state index < -0.39 is 5.41 Å². The summed E-state index contributed by atoms with van der Waals surface area (Å²) in [5.41, 5.74) is 23.7. The quantitative estimate of drug-likeness (QED) is 0.147. The largest absolute Gasteiger partial charge is 0.289 e. The van der Waals surface area contributed by atoms with E-state index in [-0.39, 0.29) is 25.0 Å². The lowest BCUT2D eigenvalue weighted by molar-refractivity contribution is 0.104. The highest BCUT2D eigenvalue weighted by atomic mass is 16.1. The van der Waals surface area contributed by atoms with Crippen molar-refractivity contribution in [3.63, 3.8) is 0 Å². The van der Waals surface area contributed by atoms with Gasteiger partial charge in [-0.25, -0.2) is 0 Å². The molecule has 2 unspecified atom stereocenters. The van der Waals surface area contributed by atoms with Crippen LogP contribution in [0.4, 0.5) is 0 Å². The number of carbonyl (C=O) groups excluding carboxylic acids is 1. The zero-order valence-electron chi connectivity index (χ0n) is 37.2. The number of rotatable bonds is 7. The van der Waals surface area contributed by atoms with E-state index >= 15 is 0 Å². The van der Waals surface area contributed by atoms with Crippen molar-refractivity contribution < 1.29 is 4.79 Å². The number of hydrogen-bond donors (Lipinski definition) is 0. The van der Waals surface area contributed by atoms with E-state index in [1.807, 2.05) is 12.1 Å².